The predicted molar refractivity (Wildman–Crippen MR) is 96.2 cm³/mol. The lowest BCUT2D eigenvalue weighted by Crippen LogP contribution is -2.30. The third-order valence-electron chi connectivity index (χ3n) is 3.91. The molecule has 3 aromatic rings. The molecule has 3 rings (SSSR count). The number of halogens is 3. The molecular weight excluding hydrogens is 387 g/mol. The number of aromatic nitrogens is 3. The Morgan fingerprint density at radius 2 is 1.97 bits per heavy atom. The van der Waals surface area contributed by atoms with Gasteiger partial charge >= 0.3 is 6.18 Å². The van der Waals surface area contributed by atoms with Crippen molar-refractivity contribution in [2.75, 3.05) is 5.32 Å². The minimum atomic E-state index is -4.58. The molecule has 29 heavy (non-hydrogen) atoms. The number of alkyl halides is 3. The Morgan fingerprint density at radius 3 is 2.55 bits per heavy atom. The summed E-state index contributed by atoms with van der Waals surface area (Å²) in [4.78, 5) is 16.3. The van der Waals surface area contributed by atoms with E-state index in [-0.39, 0.29) is 11.4 Å². The van der Waals surface area contributed by atoms with Crippen LogP contribution in [0.25, 0.3) is 5.69 Å². The minimum Gasteiger partial charge on any atom is -0.481 e. The standard InChI is InChI=1S/C19H14F3N5O2/c1-12(29-15-5-2-13(9-23)3-6-15)18(28)26-16-8-14(19(20,21)22)4-7-17(16)27-11-24-10-25-27/h2-8,10-12H,1H3,(H,26,28). The van der Waals surface area contributed by atoms with Gasteiger partial charge in [-0.25, -0.2) is 9.67 Å². The number of ether oxygens (including phenoxy) is 1. The van der Waals surface area contributed by atoms with E-state index < -0.39 is 23.8 Å². The topological polar surface area (TPSA) is 92.8 Å². The van der Waals surface area contributed by atoms with Gasteiger partial charge in [0.15, 0.2) is 6.10 Å². The Kier molecular flexibility index (Phi) is 5.50. The SMILES string of the molecule is CC(Oc1ccc(C#N)cc1)C(=O)Nc1cc(C(F)(F)F)ccc1-n1cncn1. The molecule has 1 amide bonds. The number of benzene rings is 2. The summed E-state index contributed by atoms with van der Waals surface area (Å²) < 4.78 is 46.0. The number of rotatable bonds is 5. The van der Waals surface area contributed by atoms with Gasteiger partial charge in [-0.3, -0.25) is 4.79 Å². The molecule has 0 spiro atoms. The van der Waals surface area contributed by atoms with Gasteiger partial charge in [0.05, 0.1) is 28.6 Å². The first kappa shape index (κ1) is 19.9. The highest BCUT2D eigenvalue weighted by Crippen LogP contribution is 2.33. The van der Waals surface area contributed by atoms with Crippen molar-refractivity contribution in [3.05, 3.63) is 66.2 Å². The van der Waals surface area contributed by atoms with Crippen LogP contribution < -0.4 is 10.1 Å². The van der Waals surface area contributed by atoms with E-state index in [1.54, 1.807) is 0 Å². The second-order valence-electron chi connectivity index (χ2n) is 5.96. The lowest BCUT2D eigenvalue weighted by atomic mass is 10.1. The zero-order chi connectivity index (χ0) is 21.0. The summed E-state index contributed by atoms with van der Waals surface area (Å²) in [5, 5.41) is 15.1. The van der Waals surface area contributed by atoms with Crippen LogP contribution in [0.1, 0.15) is 18.1 Å². The smallest absolute Gasteiger partial charge is 0.416 e. The fourth-order valence-electron chi connectivity index (χ4n) is 2.44. The van der Waals surface area contributed by atoms with Crippen molar-refractivity contribution in [2.45, 2.75) is 19.2 Å². The molecule has 2 aromatic carbocycles. The van der Waals surface area contributed by atoms with Crippen molar-refractivity contribution in [1.82, 2.24) is 14.8 Å². The van der Waals surface area contributed by atoms with Crippen LogP contribution in [0.4, 0.5) is 18.9 Å². The van der Waals surface area contributed by atoms with Gasteiger partial charge in [-0.05, 0) is 49.4 Å². The summed E-state index contributed by atoms with van der Waals surface area (Å²) in [7, 11) is 0. The van der Waals surface area contributed by atoms with Crippen LogP contribution in [0.15, 0.2) is 55.1 Å². The molecule has 1 heterocycles. The summed E-state index contributed by atoms with van der Waals surface area (Å²) in [6.45, 7) is 1.45. The molecule has 0 fully saturated rings. The van der Waals surface area contributed by atoms with E-state index in [1.807, 2.05) is 6.07 Å². The van der Waals surface area contributed by atoms with Crippen molar-refractivity contribution >= 4 is 11.6 Å². The quantitative estimate of drug-likeness (QED) is 0.706. The number of nitriles is 1. The Bertz CT molecular complexity index is 1040. The number of nitrogens with zero attached hydrogens (tertiary/aromatic N) is 4. The molecule has 0 aliphatic heterocycles. The molecule has 0 radical (unpaired) electrons. The largest absolute Gasteiger partial charge is 0.481 e. The van der Waals surface area contributed by atoms with E-state index in [9.17, 15) is 18.0 Å². The lowest BCUT2D eigenvalue weighted by molar-refractivity contribution is -0.137. The number of carbonyl (C=O) groups excluding carboxylic acids is 1. The van der Waals surface area contributed by atoms with Gasteiger partial charge in [0.25, 0.3) is 5.91 Å². The van der Waals surface area contributed by atoms with E-state index in [0.29, 0.717) is 11.3 Å². The number of anilines is 1. The first-order valence-electron chi connectivity index (χ1n) is 8.32. The van der Waals surface area contributed by atoms with Crippen LogP contribution in [0.3, 0.4) is 0 Å². The summed E-state index contributed by atoms with van der Waals surface area (Å²) in [5.74, 6) is -0.317. The summed E-state index contributed by atoms with van der Waals surface area (Å²) in [6.07, 6.45) is -3.07. The fraction of sp³-hybridized carbons (Fsp3) is 0.158. The molecule has 1 atom stereocenters. The normalized spacial score (nSPS) is 12.1. The molecule has 0 bridgehead atoms. The van der Waals surface area contributed by atoms with Crippen LogP contribution in [0.5, 0.6) is 5.75 Å². The van der Waals surface area contributed by atoms with Gasteiger partial charge in [-0.15, -0.1) is 0 Å². The first-order valence-corrected chi connectivity index (χ1v) is 8.32. The number of hydrogen-bond acceptors (Lipinski definition) is 5. The average Bonchev–Trinajstić information content (AvgIpc) is 3.22. The highest BCUT2D eigenvalue weighted by atomic mass is 19.4. The van der Waals surface area contributed by atoms with Gasteiger partial charge in [0, 0.05) is 0 Å². The van der Waals surface area contributed by atoms with Crippen LogP contribution in [0.2, 0.25) is 0 Å². The molecule has 1 aromatic heterocycles. The molecule has 0 aliphatic carbocycles. The molecule has 1 N–H and O–H groups in total. The maximum Gasteiger partial charge on any atom is 0.416 e. The third kappa shape index (κ3) is 4.70. The molecule has 1 unspecified atom stereocenters. The number of carbonyl (C=O) groups is 1. The molecule has 0 saturated heterocycles. The highest BCUT2D eigenvalue weighted by molar-refractivity contribution is 5.96. The Hall–Kier alpha value is -3.87. The van der Waals surface area contributed by atoms with Gasteiger partial charge < -0.3 is 10.1 Å². The summed E-state index contributed by atoms with van der Waals surface area (Å²) in [6, 6.07) is 11.0. The van der Waals surface area contributed by atoms with Crippen LogP contribution in [-0.2, 0) is 11.0 Å². The van der Waals surface area contributed by atoms with E-state index >= 15 is 0 Å². The lowest BCUT2D eigenvalue weighted by Gasteiger charge is -2.18. The second kappa shape index (κ2) is 8.02. The van der Waals surface area contributed by atoms with Gasteiger partial charge in [-0.2, -0.15) is 23.5 Å². The average molecular weight is 401 g/mol. The van der Waals surface area contributed by atoms with Crippen molar-refractivity contribution in [1.29, 1.82) is 5.26 Å². The van der Waals surface area contributed by atoms with Crippen molar-refractivity contribution in [3.63, 3.8) is 0 Å². The monoisotopic (exact) mass is 401 g/mol. The molecular formula is C19H14F3N5O2. The van der Waals surface area contributed by atoms with Crippen molar-refractivity contribution in [2.24, 2.45) is 0 Å². The van der Waals surface area contributed by atoms with E-state index in [0.717, 1.165) is 12.1 Å². The van der Waals surface area contributed by atoms with E-state index in [2.05, 4.69) is 15.4 Å². The van der Waals surface area contributed by atoms with Crippen LogP contribution in [0, 0.1) is 11.3 Å². The summed E-state index contributed by atoms with van der Waals surface area (Å²) in [5.41, 5.74) is -0.367. The number of amides is 1. The van der Waals surface area contributed by atoms with Crippen molar-refractivity contribution in [3.8, 4) is 17.5 Å². The molecule has 0 aliphatic rings. The van der Waals surface area contributed by atoms with Crippen molar-refractivity contribution < 1.29 is 22.7 Å². The molecule has 10 heteroatoms. The number of nitrogens with one attached hydrogen (secondary N) is 1. The van der Waals surface area contributed by atoms with Crippen LogP contribution in [-0.4, -0.2) is 26.8 Å². The van der Waals surface area contributed by atoms with E-state index in [4.69, 9.17) is 10.00 Å². The molecule has 0 saturated carbocycles. The van der Waals surface area contributed by atoms with Gasteiger partial charge in [-0.1, -0.05) is 0 Å². The predicted octanol–water partition coefficient (Wildman–Crippen LogP) is 3.56. The Morgan fingerprint density at radius 1 is 1.24 bits per heavy atom. The second-order valence-corrected chi connectivity index (χ2v) is 5.96. The third-order valence-corrected chi connectivity index (χ3v) is 3.91. The highest BCUT2D eigenvalue weighted by Gasteiger charge is 2.31. The number of hydrogen-bond donors (Lipinski definition) is 1. The van der Waals surface area contributed by atoms with Crippen LogP contribution >= 0.6 is 0 Å². The summed E-state index contributed by atoms with van der Waals surface area (Å²) >= 11 is 0. The zero-order valence-corrected chi connectivity index (χ0v) is 15.0. The van der Waals surface area contributed by atoms with E-state index in [1.165, 1.54) is 54.6 Å². The minimum absolute atomic E-state index is 0.0920. The first-order chi connectivity index (χ1) is 13.8. The Balaban J connectivity index is 1.83. The fourth-order valence-corrected chi connectivity index (χ4v) is 2.44. The van der Waals surface area contributed by atoms with Gasteiger partial charge in [0.2, 0.25) is 0 Å². The molecule has 7 nitrogen and oxygen atoms in total. The molecule has 148 valence electrons. The van der Waals surface area contributed by atoms with Gasteiger partial charge in [0.1, 0.15) is 18.4 Å². The Labute approximate surface area is 163 Å². The zero-order valence-electron chi connectivity index (χ0n) is 15.0. The maximum atomic E-state index is 13.1. The maximum absolute atomic E-state index is 13.1.